The molecule has 0 fully saturated rings. The Morgan fingerprint density at radius 2 is 1.02 bits per heavy atom. The second kappa shape index (κ2) is 13.2. The molecule has 0 saturated heterocycles. The molecular formula is C46H49N3O. The molecule has 0 aliphatic carbocycles. The molecule has 6 rings (SSSR count). The zero-order chi connectivity index (χ0) is 35.8. The quantitative estimate of drug-likeness (QED) is 0.193. The zero-order valence-corrected chi connectivity index (χ0v) is 30.9. The summed E-state index contributed by atoms with van der Waals surface area (Å²) in [6.07, 6.45) is 1.83. The molecule has 4 heteroatoms. The van der Waals surface area contributed by atoms with Crippen molar-refractivity contribution in [2.75, 3.05) is 4.90 Å². The van der Waals surface area contributed by atoms with E-state index in [1.54, 1.807) is 6.07 Å². The first kappa shape index (κ1) is 34.6. The minimum atomic E-state index is -0.141. The molecule has 0 spiro atoms. The van der Waals surface area contributed by atoms with Gasteiger partial charge in [0.25, 0.3) is 0 Å². The standard InChI is InChI=1S/C46H49N3O/c1-44(2,3)34-23-31(24-35(29-34)45(4,5)6)32-27-40(48-41(28-32)39-19-13-14-20-42(39)50)33-25-36(46(7,8)9)30-38(26-33)49(37-17-11-10-12-18-37)43-21-15-16-22-47-43/h10-30,50H,1-9H3. The number of hydrogen-bond acceptors (Lipinski definition) is 4. The van der Waals surface area contributed by atoms with Crippen LogP contribution in [0.5, 0.6) is 5.75 Å². The first-order chi connectivity index (χ1) is 23.6. The highest BCUT2D eigenvalue weighted by Crippen LogP contribution is 2.41. The van der Waals surface area contributed by atoms with E-state index in [0.29, 0.717) is 5.56 Å². The van der Waals surface area contributed by atoms with E-state index in [1.165, 1.54) is 16.7 Å². The number of phenols is 1. The van der Waals surface area contributed by atoms with E-state index in [0.717, 1.165) is 45.3 Å². The summed E-state index contributed by atoms with van der Waals surface area (Å²) in [6.45, 7) is 20.3. The summed E-state index contributed by atoms with van der Waals surface area (Å²) < 4.78 is 0. The number of pyridine rings is 2. The molecule has 50 heavy (non-hydrogen) atoms. The molecule has 0 bridgehead atoms. The SMILES string of the molecule is CC(C)(C)c1cc(-c2cc(-c3cc(C(C)(C)C)cc(C(C)(C)C)c3)cc(-c3ccccc3O)n2)cc(N(c2ccccc2)c2ccccn2)c1. The predicted octanol–water partition coefficient (Wildman–Crippen LogP) is 12.5. The lowest BCUT2D eigenvalue weighted by Crippen LogP contribution is -2.16. The van der Waals surface area contributed by atoms with E-state index >= 15 is 0 Å². The number of nitrogens with zero attached hydrogens (tertiary/aromatic N) is 3. The molecule has 0 amide bonds. The van der Waals surface area contributed by atoms with Crippen molar-refractivity contribution in [3.05, 3.63) is 144 Å². The second-order valence-electron chi connectivity index (χ2n) is 16.3. The van der Waals surface area contributed by atoms with Crippen LogP contribution in [0.4, 0.5) is 17.2 Å². The largest absolute Gasteiger partial charge is 0.507 e. The molecule has 254 valence electrons. The molecule has 0 unspecified atom stereocenters. The van der Waals surface area contributed by atoms with Crippen molar-refractivity contribution in [2.45, 2.75) is 78.6 Å². The molecule has 2 heterocycles. The highest BCUT2D eigenvalue weighted by atomic mass is 16.3. The highest BCUT2D eigenvalue weighted by Gasteiger charge is 2.24. The summed E-state index contributed by atoms with van der Waals surface area (Å²) in [5, 5.41) is 11.1. The van der Waals surface area contributed by atoms with Gasteiger partial charge in [-0.1, -0.05) is 117 Å². The second-order valence-corrected chi connectivity index (χ2v) is 16.3. The number of aromatic nitrogens is 2. The minimum absolute atomic E-state index is 0.0330. The predicted molar refractivity (Wildman–Crippen MR) is 211 cm³/mol. The topological polar surface area (TPSA) is 49.3 Å². The Morgan fingerprint density at radius 1 is 0.480 bits per heavy atom. The van der Waals surface area contributed by atoms with Crippen molar-refractivity contribution in [3.8, 4) is 39.4 Å². The first-order valence-electron chi connectivity index (χ1n) is 17.5. The summed E-state index contributed by atoms with van der Waals surface area (Å²) in [4.78, 5) is 12.3. The van der Waals surface area contributed by atoms with Gasteiger partial charge in [-0.05, 0) is 111 Å². The summed E-state index contributed by atoms with van der Waals surface area (Å²) >= 11 is 0. The highest BCUT2D eigenvalue weighted by molar-refractivity contribution is 5.83. The van der Waals surface area contributed by atoms with Gasteiger partial charge in [0.15, 0.2) is 0 Å². The maximum Gasteiger partial charge on any atom is 0.137 e. The third-order valence-electron chi connectivity index (χ3n) is 9.23. The van der Waals surface area contributed by atoms with Gasteiger partial charge in [0, 0.05) is 28.7 Å². The van der Waals surface area contributed by atoms with Crippen LogP contribution in [-0.2, 0) is 16.2 Å². The lowest BCUT2D eigenvalue weighted by molar-refractivity contribution is 0.477. The van der Waals surface area contributed by atoms with E-state index < -0.39 is 0 Å². The van der Waals surface area contributed by atoms with Crippen molar-refractivity contribution < 1.29 is 5.11 Å². The van der Waals surface area contributed by atoms with Crippen LogP contribution < -0.4 is 4.90 Å². The minimum Gasteiger partial charge on any atom is -0.507 e. The lowest BCUT2D eigenvalue weighted by atomic mass is 9.79. The Labute approximate surface area is 298 Å². The number of benzene rings is 4. The smallest absolute Gasteiger partial charge is 0.137 e. The van der Waals surface area contributed by atoms with Gasteiger partial charge < -0.3 is 5.11 Å². The summed E-state index contributed by atoms with van der Waals surface area (Å²) in [5.74, 6) is 1.04. The Bertz CT molecular complexity index is 2040. The molecule has 4 nitrogen and oxygen atoms in total. The first-order valence-corrected chi connectivity index (χ1v) is 17.5. The molecule has 1 N–H and O–H groups in total. The average Bonchev–Trinajstić information content (AvgIpc) is 3.08. The Hall–Kier alpha value is -5.22. The number of hydrogen-bond donors (Lipinski definition) is 1. The molecule has 6 aromatic rings. The fourth-order valence-corrected chi connectivity index (χ4v) is 6.13. The van der Waals surface area contributed by atoms with Crippen molar-refractivity contribution in [2.24, 2.45) is 0 Å². The van der Waals surface area contributed by atoms with E-state index in [2.05, 4.69) is 140 Å². The van der Waals surface area contributed by atoms with Crippen LogP contribution in [-0.4, -0.2) is 15.1 Å². The van der Waals surface area contributed by atoms with Gasteiger partial charge >= 0.3 is 0 Å². The molecule has 2 aromatic heterocycles. The molecule has 0 aliphatic rings. The van der Waals surface area contributed by atoms with Crippen molar-refractivity contribution in [1.82, 2.24) is 9.97 Å². The lowest BCUT2D eigenvalue weighted by Gasteiger charge is -2.28. The van der Waals surface area contributed by atoms with Crippen molar-refractivity contribution >= 4 is 17.2 Å². The maximum atomic E-state index is 11.1. The van der Waals surface area contributed by atoms with Crippen molar-refractivity contribution in [3.63, 3.8) is 0 Å². The summed E-state index contributed by atoms with van der Waals surface area (Å²) in [6, 6.07) is 41.9. The Kier molecular flexibility index (Phi) is 9.17. The van der Waals surface area contributed by atoms with E-state index in [-0.39, 0.29) is 22.0 Å². The normalized spacial score (nSPS) is 12.2. The van der Waals surface area contributed by atoms with Gasteiger partial charge in [0.2, 0.25) is 0 Å². The van der Waals surface area contributed by atoms with Crippen LogP contribution in [0.25, 0.3) is 33.6 Å². The Balaban J connectivity index is 1.65. The van der Waals surface area contributed by atoms with Gasteiger partial charge in [-0.25, -0.2) is 9.97 Å². The molecule has 4 aromatic carbocycles. The molecular weight excluding hydrogens is 611 g/mol. The number of phenolic OH excluding ortho intramolecular Hbond substituents is 1. The van der Waals surface area contributed by atoms with Crippen LogP contribution in [0.3, 0.4) is 0 Å². The summed E-state index contributed by atoms with van der Waals surface area (Å²) in [5.41, 5.74) is 11.0. The molecule has 0 atom stereocenters. The van der Waals surface area contributed by atoms with Gasteiger partial charge in [-0.3, -0.25) is 4.90 Å². The van der Waals surface area contributed by atoms with Gasteiger partial charge in [0.05, 0.1) is 11.4 Å². The van der Waals surface area contributed by atoms with Crippen LogP contribution in [0.2, 0.25) is 0 Å². The van der Waals surface area contributed by atoms with Crippen LogP contribution in [0.15, 0.2) is 128 Å². The molecule has 0 saturated carbocycles. The van der Waals surface area contributed by atoms with E-state index in [4.69, 9.17) is 9.97 Å². The fraction of sp³-hybridized carbons (Fsp3) is 0.261. The number of anilines is 3. The van der Waals surface area contributed by atoms with E-state index in [9.17, 15) is 5.11 Å². The number of para-hydroxylation sites is 2. The maximum absolute atomic E-state index is 11.1. The summed E-state index contributed by atoms with van der Waals surface area (Å²) in [7, 11) is 0. The van der Waals surface area contributed by atoms with Crippen molar-refractivity contribution in [1.29, 1.82) is 0 Å². The molecule has 0 radical (unpaired) electrons. The average molecular weight is 660 g/mol. The zero-order valence-electron chi connectivity index (χ0n) is 30.9. The molecule has 0 aliphatic heterocycles. The van der Waals surface area contributed by atoms with Gasteiger partial charge in [-0.2, -0.15) is 0 Å². The van der Waals surface area contributed by atoms with Crippen LogP contribution in [0.1, 0.15) is 79.0 Å². The van der Waals surface area contributed by atoms with Crippen LogP contribution >= 0.6 is 0 Å². The van der Waals surface area contributed by atoms with Gasteiger partial charge in [0.1, 0.15) is 11.6 Å². The monoisotopic (exact) mass is 659 g/mol. The van der Waals surface area contributed by atoms with Crippen LogP contribution in [0, 0.1) is 0 Å². The Morgan fingerprint density at radius 3 is 1.62 bits per heavy atom. The van der Waals surface area contributed by atoms with Gasteiger partial charge in [-0.15, -0.1) is 0 Å². The third-order valence-corrected chi connectivity index (χ3v) is 9.23. The third kappa shape index (κ3) is 7.50. The fourth-order valence-electron chi connectivity index (χ4n) is 6.13. The number of aromatic hydroxyl groups is 1. The number of rotatable bonds is 6. The van der Waals surface area contributed by atoms with E-state index in [1.807, 2.05) is 48.7 Å².